The first-order chi connectivity index (χ1) is 21.8. The molecule has 0 aliphatic heterocycles. The van der Waals surface area contributed by atoms with Crippen LogP contribution in [0.25, 0.3) is 11.8 Å². The van der Waals surface area contributed by atoms with Crippen LogP contribution in [0.4, 0.5) is 17.6 Å². The molecular formula is C31H29F4N7O3S. The lowest BCUT2D eigenvalue weighted by molar-refractivity contribution is -0.137. The normalized spacial score (nSPS) is 21.5. The van der Waals surface area contributed by atoms with Gasteiger partial charge in [-0.25, -0.2) is 17.5 Å². The van der Waals surface area contributed by atoms with Gasteiger partial charge in [0.1, 0.15) is 11.5 Å². The van der Waals surface area contributed by atoms with E-state index in [1.807, 2.05) is 0 Å². The maximum atomic E-state index is 14.4. The van der Waals surface area contributed by atoms with E-state index >= 15 is 0 Å². The standard InChI is InChI=1S/C31H29F4N7O3S/c1-40(46(44,45)28-17-37-41(39-28)18-19-2-3-19)25-7-4-21-13-27-20(16-38-42(27)24-8-5-23(32)6-9-24)14-30(21,15-25)29(43)26-12-22(10-11-36-26)31(33,34)35/h5-6,8-13,16-17,19,25H,2-4,7,14-15,18H2,1H3/t25-,30-/m0/s1. The van der Waals surface area contributed by atoms with Gasteiger partial charge in [-0.2, -0.15) is 32.5 Å². The van der Waals surface area contributed by atoms with Gasteiger partial charge in [0.05, 0.1) is 41.3 Å². The van der Waals surface area contributed by atoms with Crippen molar-refractivity contribution in [2.24, 2.45) is 11.3 Å². The van der Waals surface area contributed by atoms with Crippen molar-refractivity contribution in [1.82, 2.24) is 34.1 Å². The highest BCUT2D eigenvalue weighted by molar-refractivity contribution is 7.89. The van der Waals surface area contributed by atoms with Gasteiger partial charge in [-0.05, 0) is 92.5 Å². The van der Waals surface area contributed by atoms with Crippen molar-refractivity contribution in [3.05, 3.63) is 88.9 Å². The highest BCUT2D eigenvalue weighted by Crippen LogP contribution is 2.51. The first-order valence-electron chi connectivity index (χ1n) is 14.9. The Morgan fingerprint density at radius 1 is 1.09 bits per heavy atom. The summed E-state index contributed by atoms with van der Waals surface area (Å²) in [5, 5.41) is 12.6. The van der Waals surface area contributed by atoms with Crippen LogP contribution in [-0.2, 0) is 29.2 Å². The third kappa shape index (κ3) is 5.34. The van der Waals surface area contributed by atoms with Crippen LogP contribution in [0, 0.1) is 17.2 Å². The number of fused-ring (bicyclic) bond motifs is 2. The zero-order valence-electron chi connectivity index (χ0n) is 24.7. The van der Waals surface area contributed by atoms with Gasteiger partial charge < -0.3 is 0 Å². The molecule has 2 fully saturated rings. The van der Waals surface area contributed by atoms with Crippen LogP contribution in [0.3, 0.4) is 0 Å². The fraction of sp³-hybridized carbons (Fsp3) is 0.387. The minimum atomic E-state index is -4.69. The number of rotatable bonds is 8. The Morgan fingerprint density at radius 3 is 2.57 bits per heavy atom. The Bertz CT molecular complexity index is 1970. The summed E-state index contributed by atoms with van der Waals surface area (Å²) in [6, 6.07) is 6.61. The summed E-state index contributed by atoms with van der Waals surface area (Å²) in [6.07, 6.45) is 3.65. The summed E-state index contributed by atoms with van der Waals surface area (Å²) in [4.78, 5) is 19.8. The molecule has 2 saturated carbocycles. The molecule has 1 aromatic carbocycles. The second kappa shape index (κ2) is 10.9. The Balaban J connectivity index is 1.27. The van der Waals surface area contributed by atoms with Gasteiger partial charge in [0.2, 0.25) is 5.03 Å². The topological polar surface area (TPSA) is 116 Å². The molecule has 0 radical (unpaired) electrons. The number of hydrogen-bond donors (Lipinski definition) is 0. The number of halogens is 4. The summed E-state index contributed by atoms with van der Waals surface area (Å²) in [5.74, 6) is -0.608. The van der Waals surface area contributed by atoms with Crippen molar-refractivity contribution in [3.8, 4) is 5.69 Å². The second-order valence-corrected chi connectivity index (χ2v) is 14.2. The summed E-state index contributed by atoms with van der Waals surface area (Å²) >= 11 is 0. The number of carbonyl (C=O) groups is 1. The lowest BCUT2D eigenvalue weighted by atomic mass is 9.60. The predicted octanol–water partition coefficient (Wildman–Crippen LogP) is 5.11. The lowest BCUT2D eigenvalue weighted by Crippen LogP contribution is -2.49. The first-order valence-corrected chi connectivity index (χ1v) is 16.3. The monoisotopic (exact) mass is 655 g/mol. The lowest BCUT2D eigenvalue weighted by Gasteiger charge is -2.45. The maximum absolute atomic E-state index is 14.4. The average molecular weight is 656 g/mol. The molecule has 0 unspecified atom stereocenters. The molecule has 7 rings (SSSR count). The molecule has 46 heavy (non-hydrogen) atoms. The molecule has 10 nitrogen and oxygen atoms in total. The van der Waals surface area contributed by atoms with Crippen molar-refractivity contribution in [2.75, 3.05) is 7.05 Å². The highest BCUT2D eigenvalue weighted by Gasteiger charge is 2.51. The zero-order valence-corrected chi connectivity index (χ0v) is 25.5. The van der Waals surface area contributed by atoms with Gasteiger partial charge in [0.25, 0.3) is 10.0 Å². The number of hydrogen-bond acceptors (Lipinski definition) is 7. The third-order valence-corrected chi connectivity index (χ3v) is 11.0. The quantitative estimate of drug-likeness (QED) is 0.191. The van der Waals surface area contributed by atoms with Crippen molar-refractivity contribution in [3.63, 3.8) is 0 Å². The number of ketones is 1. The van der Waals surface area contributed by atoms with Crippen LogP contribution >= 0.6 is 0 Å². The van der Waals surface area contributed by atoms with Crippen LogP contribution in [-0.4, -0.2) is 61.4 Å². The minimum absolute atomic E-state index is 0.00268. The van der Waals surface area contributed by atoms with Crippen LogP contribution in [0.1, 0.15) is 59.4 Å². The maximum Gasteiger partial charge on any atom is 0.416 e. The van der Waals surface area contributed by atoms with Crippen LogP contribution in [0.15, 0.2) is 65.6 Å². The van der Waals surface area contributed by atoms with E-state index in [1.165, 1.54) is 34.5 Å². The molecule has 3 aliphatic rings. The van der Waals surface area contributed by atoms with Gasteiger partial charge in [-0.3, -0.25) is 9.78 Å². The van der Waals surface area contributed by atoms with Gasteiger partial charge in [0.15, 0.2) is 5.78 Å². The van der Waals surface area contributed by atoms with E-state index in [1.54, 1.807) is 29.1 Å². The molecule has 0 spiro atoms. The second-order valence-electron chi connectivity index (χ2n) is 12.2. The Morgan fingerprint density at radius 2 is 1.85 bits per heavy atom. The molecule has 2 atom stereocenters. The molecule has 4 aromatic rings. The fourth-order valence-electron chi connectivity index (χ4n) is 6.52. The van der Waals surface area contributed by atoms with Crippen molar-refractivity contribution in [2.45, 2.75) is 62.3 Å². The van der Waals surface area contributed by atoms with Crippen LogP contribution in [0.2, 0.25) is 0 Å². The van der Waals surface area contributed by atoms with E-state index in [2.05, 4.69) is 20.3 Å². The van der Waals surface area contributed by atoms with Gasteiger partial charge in [-0.1, -0.05) is 5.57 Å². The largest absolute Gasteiger partial charge is 0.416 e. The molecule has 0 amide bonds. The molecule has 15 heteroatoms. The highest BCUT2D eigenvalue weighted by atomic mass is 32.2. The molecule has 3 aromatic heterocycles. The van der Waals surface area contributed by atoms with E-state index in [9.17, 15) is 30.8 Å². The molecule has 3 aliphatic carbocycles. The summed E-state index contributed by atoms with van der Waals surface area (Å²) < 4.78 is 84.8. The predicted molar refractivity (Wildman–Crippen MR) is 157 cm³/mol. The number of nitrogens with zero attached hydrogens (tertiary/aromatic N) is 7. The number of carbonyl (C=O) groups excluding carboxylic acids is 1. The summed E-state index contributed by atoms with van der Waals surface area (Å²) in [7, 11) is -2.69. The van der Waals surface area contributed by atoms with Crippen LogP contribution < -0.4 is 0 Å². The number of aromatic nitrogens is 6. The molecular weight excluding hydrogens is 626 g/mol. The van der Waals surface area contributed by atoms with E-state index < -0.39 is 44.8 Å². The molecule has 3 heterocycles. The van der Waals surface area contributed by atoms with Gasteiger partial charge in [0, 0.05) is 19.3 Å². The molecule has 0 N–H and O–H groups in total. The SMILES string of the molecule is CN([C@H]1CCC2=Cc3c(cnn3-c3ccc(F)cc3)C[C@]2(C(=O)c2cc(C(F)(F)F)ccn2)C1)S(=O)(=O)c1cnn(CC2CC2)n1. The molecule has 0 bridgehead atoms. The number of alkyl halides is 3. The van der Waals surface area contributed by atoms with Crippen molar-refractivity contribution in [1.29, 1.82) is 0 Å². The Labute approximate surface area is 261 Å². The van der Waals surface area contributed by atoms with E-state index in [4.69, 9.17) is 0 Å². The Hall–Kier alpha value is -4.24. The van der Waals surface area contributed by atoms with Gasteiger partial charge >= 0.3 is 6.18 Å². The average Bonchev–Trinajstić information content (AvgIpc) is 3.56. The zero-order chi connectivity index (χ0) is 32.4. The third-order valence-electron chi connectivity index (χ3n) is 9.25. The fourth-order valence-corrected chi connectivity index (χ4v) is 7.77. The molecule has 0 saturated heterocycles. The number of sulfonamides is 1. The first kappa shape index (κ1) is 30.4. The number of allylic oxidation sites excluding steroid dienone is 1. The summed E-state index contributed by atoms with van der Waals surface area (Å²) in [5.41, 5.74) is -0.218. The number of benzene rings is 1. The molecule has 240 valence electrons. The van der Waals surface area contributed by atoms with Crippen molar-refractivity contribution < 1.29 is 30.8 Å². The number of pyridine rings is 1. The van der Waals surface area contributed by atoms with E-state index in [0.717, 1.165) is 31.2 Å². The van der Waals surface area contributed by atoms with Crippen LogP contribution in [0.5, 0.6) is 0 Å². The summed E-state index contributed by atoms with van der Waals surface area (Å²) in [6.45, 7) is 0.534. The Kier molecular flexibility index (Phi) is 7.23. The number of Topliss-reactive ketones (excluding diaryl/α,β-unsaturated/α-hetero) is 1. The van der Waals surface area contributed by atoms with E-state index in [0.29, 0.717) is 41.4 Å². The van der Waals surface area contributed by atoms with Gasteiger partial charge in [-0.15, -0.1) is 5.10 Å². The minimum Gasteiger partial charge on any atom is -0.291 e. The smallest absolute Gasteiger partial charge is 0.291 e. The van der Waals surface area contributed by atoms with E-state index in [-0.39, 0.29) is 30.0 Å². The van der Waals surface area contributed by atoms with Crippen molar-refractivity contribution >= 4 is 21.9 Å².